The van der Waals surface area contributed by atoms with Crippen LogP contribution in [0.4, 0.5) is 10.3 Å². The molecule has 2 aromatic rings. The highest BCUT2D eigenvalue weighted by Crippen LogP contribution is 2.23. The lowest BCUT2D eigenvalue weighted by Gasteiger charge is -2.05. The van der Waals surface area contributed by atoms with Crippen LogP contribution in [0.1, 0.15) is 25.7 Å². The third-order valence-corrected chi connectivity index (χ3v) is 7.02. The highest BCUT2D eigenvalue weighted by molar-refractivity contribution is 8.01. The molecular weight excluding hydrogens is 440 g/mol. The Bertz CT molecular complexity index is 691. The number of carbonyl (C=O) groups is 2. The van der Waals surface area contributed by atoms with Crippen LogP contribution >= 0.6 is 46.2 Å². The van der Waals surface area contributed by atoms with E-state index in [-0.39, 0.29) is 11.8 Å². The summed E-state index contributed by atoms with van der Waals surface area (Å²) in [6.07, 6.45) is 3.80. The summed E-state index contributed by atoms with van der Waals surface area (Å²) in [5.41, 5.74) is 11.0. The van der Waals surface area contributed by atoms with Crippen LogP contribution in [0.25, 0.3) is 0 Å². The topological polar surface area (TPSA) is 162 Å². The van der Waals surface area contributed by atoms with Crippen molar-refractivity contribution in [2.45, 2.75) is 34.4 Å². The summed E-state index contributed by atoms with van der Waals surface area (Å²) in [5.74, 6) is 0.562. The third kappa shape index (κ3) is 9.52. The molecule has 2 rings (SSSR count). The van der Waals surface area contributed by atoms with Crippen LogP contribution in [0.5, 0.6) is 0 Å². The normalized spacial score (nSPS) is 10.7. The summed E-state index contributed by atoms with van der Waals surface area (Å²) in [4.78, 5) is 23.5. The number of unbranched alkanes of at least 4 members (excludes halogenated alkanes) is 3. The van der Waals surface area contributed by atoms with Gasteiger partial charge in [-0.1, -0.05) is 59.0 Å². The first kappa shape index (κ1) is 22.6. The van der Waals surface area contributed by atoms with Gasteiger partial charge in [-0.3, -0.25) is 9.59 Å². The lowest BCUT2D eigenvalue weighted by atomic mass is 10.2. The van der Waals surface area contributed by atoms with Gasteiger partial charge in [-0.2, -0.15) is 0 Å². The van der Waals surface area contributed by atoms with Crippen LogP contribution in [0.15, 0.2) is 8.68 Å². The van der Waals surface area contributed by atoms with Gasteiger partial charge in [0.1, 0.15) is 0 Å². The second kappa shape index (κ2) is 12.7. The predicted molar refractivity (Wildman–Crippen MR) is 115 cm³/mol. The average molecular weight is 463 g/mol. The van der Waals surface area contributed by atoms with E-state index in [1.165, 1.54) is 46.2 Å². The second-order valence-corrected chi connectivity index (χ2v) is 9.97. The van der Waals surface area contributed by atoms with E-state index in [4.69, 9.17) is 11.5 Å². The van der Waals surface area contributed by atoms with Crippen molar-refractivity contribution in [2.24, 2.45) is 0 Å². The second-order valence-electron chi connectivity index (χ2n) is 5.50. The molecule has 0 aliphatic rings. The summed E-state index contributed by atoms with van der Waals surface area (Å²) in [6, 6.07) is 0. The van der Waals surface area contributed by atoms with Gasteiger partial charge >= 0.3 is 0 Å². The molecule has 0 spiro atoms. The minimum absolute atomic E-state index is 0.0271. The molecule has 2 amide bonds. The molecule has 0 bridgehead atoms. The largest absolute Gasteiger partial charge is 0.374 e. The number of aromatic nitrogens is 4. The van der Waals surface area contributed by atoms with Crippen molar-refractivity contribution in [1.29, 1.82) is 0 Å². The van der Waals surface area contributed by atoms with Gasteiger partial charge in [-0.15, -0.1) is 20.4 Å². The lowest BCUT2D eigenvalue weighted by molar-refractivity contribution is -0.119. The highest BCUT2D eigenvalue weighted by Gasteiger charge is 2.07. The van der Waals surface area contributed by atoms with Gasteiger partial charge in [0, 0.05) is 13.1 Å². The molecule has 0 saturated carbocycles. The molecule has 6 N–H and O–H groups in total. The first-order valence-corrected chi connectivity index (χ1v) is 12.1. The zero-order chi connectivity index (χ0) is 20.2. The number of anilines is 2. The number of nitrogens with zero attached hydrogens (tertiary/aromatic N) is 4. The maximum atomic E-state index is 11.7. The zero-order valence-corrected chi connectivity index (χ0v) is 18.3. The van der Waals surface area contributed by atoms with Crippen molar-refractivity contribution in [2.75, 3.05) is 36.1 Å². The molecule has 154 valence electrons. The number of thioether (sulfide) groups is 2. The smallest absolute Gasteiger partial charge is 0.230 e. The Labute approximate surface area is 179 Å². The van der Waals surface area contributed by atoms with Crippen LogP contribution in [-0.2, 0) is 9.59 Å². The number of nitrogens with one attached hydrogen (secondary N) is 2. The minimum Gasteiger partial charge on any atom is -0.374 e. The van der Waals surface area contributed by atoms with Crippen molar-refractivity contribution in [3.05, 3.63) is 0 Å². The lowest BCUT2D eigenvalue weighted by Crippen LogP contribution is -2.26. The Morgan fingerprint density at radius 3 is 1.54 bits per heavy atom. The van der Waals surface area contributed by atoms with Gasteiger partial charge in [0.15, 0.2) is 8.68 Å². The fourth-order valence-corrected chi connectivity index (χ4v) is 4.91. The number of carbonyl (C=O) groups excluding carboxylic acids is 2. The van der Waals surface area contributed by atoms with Gasteiger partial charge < -0.3 is 22.1 Å². The Kier molecular flexibility index (Phi) is 10.3. The van der Waals surface area contributed by atoms with Gasteiger partial charge in [0.2, 0.25) is 22.1 Å². The number of hydrogen-bond donors (Lipinski definition) is 4. The number of nitrogens with two attached hydrogens (primary N) is 2. The predicted octanol–water partition coefficient (Wildman–Crippen LogP) is 1.23. The van der Waals surface area contributed by atoms with Crippen LogP contribution in [-0.4, -0.2) is 56.8 Å². The number of hydrogen-bond acceptors (Lipinski definition) is 12. The van der Waals surface area contributed by atoms with Gasteiger partial charge in [0.25, 0.3) is 0 Å². The van der Waals surface area contributed by atoms with E-state index >= 15 is 0 Å². The fourth-order valence-electron chi connectivity index (χ4n) is 1.97. The standard InChI is InChI=1S/C14H22N8O2S4/c15-11-19-21-13(27-11)25-7-9(23)17-5-3-1-2-4-6-18-10(24)8-26-14-22-20-12(16)28-14/h1-8H2,(H2,15,19)(H2,16,20)(H,17,23)(H,18,24). The molecule has 0 radical (unpaired) electrons. The zero-order valence-electron chi connectivity index (χ0n) is 15.0. The Morgan fingerprint density at radius 1 is 0.750 bits per heavy atom. The maximum Gasteiger partial charge on any atom is 0.230 e. The average Bonchev–Trinajstić information content (AvgIpc) is 3.28. The Morgan fingerprint density at radius 2 is 1.18 bits per heavy atom. The van der Waals surface area contributed by atoms with Crippen molar-refractivity contribution in [3.8, 4) is 0 Å². The van der Waals surface area contributed by atoms with Crippen LogP contribution in [0.2, 0.25) is 0 Å². The van der Waals surface area contributed by atoms with Crippen molar-refractivity contribution >= 4 is 68.3 Å². The van der Waals surface area contributed by atoms with E-state index in [9.17, 15) is 9.59 Å². The number of nitrogen functional groups attached to an aromatic ring is 2. The van der Waals surface area contributed by atoms with Crippen molar-refractivity contribution < 1.29 is 9.59 Å². The summed E-state index contributed by atoms with van der Waals surface area (Å²) in [6.45, 7) is 1.29. The molecule has 0 fully saturated rings. The molecule has 10 nitrogen and oxygen atoms in total. The van der Waals surface area contributed by atoms with E-state index < -0.39 is 0 Å². The van der Waals surface area contributed by atoms with Gasteiger partial charge in [-0.05, 0) is 12.8 Å². The molecule has 14 heteroatoms. The highest BCUT2D eigenvalue weighted by atomic mass is 32.2. The first-order valence-electron chi connectivity index (χ1n) is 8.50. The molecule has 0 atom stereocenters. The molecule has 0 aliphatic carbocycles. The maximum absolute atomic E-state index is 11.7. The van der Waals surface area contributed by atoms with Crippen LogP contribution < -0.4 is 22.1 Å². The first-order chi connectivity index (χ1) is 13.5. The summed E-state index contributed by atoms with van der Waals surface area (Å²) in [5, 5.41) is 21.7. The summed E-state index contributed by atoms with van der Waals surface area (Å²) in [7, 11) is 0. The Hall–Kier alpha value is -1.64. The van der Waals surface area contributed by atoms with Crippen molar-refractivity contribution in [1.82, 2.24) is 31.0 Å². The molecule has 28 heavy (non-hydrogen) atoms. The third-order valence-electron chi connectivity index (χ3n) is 3.25. The van der Waals surface area contributed by atoms with Crippen LogP contribution in [0, 0.1) is 0 Å². The number of amides is 2. The van der Waals surface area contributed by atoms with E-state index in [1.807, 2.05) is 0 Å². The monoisotopic (exact) mass is 462 g/mol. The molecule has 0 aliphatic heterocycles. The molecule has 2 heterocycles. The summed E-state index contributed by atoms with van der Waals surface area (Å²) < 4.78 is 1.39. The molecule has 0 unspecified atom stereocenters. The van der Waals surface area contributed by atoms with Crippen LogP contribution in [0.3, 0.4) is 0 Å². The van der Waals surface area contributed by atoms with E-state index in [0.717, 1.165) is 25.7 Å². The molecular formula is C14H22N8O2S4. The fraction of sp³-hybridized carbons (Fsp3) is 0.571. The molecule has 0 aromatic carbocycles. The van der Waals surface area contributed by atoms with E-state index in [1.54, 1.807) is 0 Å². The van der Waals surface area contributed by atoms with E-state index in [2.05, 4.69) is 31.0 Å². The SMILES string of the molecule is Nc1nnc(SCC(=O)NCCCCCCNC(=O)CSc2nnc(N)s2)s1. The van der Waals surface area contributed by atoms with Gasteiger partial charge in [-0.25, -0.2) is 0 Å². The van der Waals surface area contributed by atoms with E-state index in [0.29, 0.717) is 43.5 Å². The number of rotatable bonds is 13. The summed E-state index contributed by atoms with van der Waals surface area (Å²) >= 11 is 5.20. The molecule has 2 aromatic heterocycles. The minimum atomic E-state index is -0.0271. The Balaban J connectivity index is 1.38. The van der Waals surface area contributed by atoms with Gasteiger partial charge in [0.05, 0.1) is 11.5 Å². The molecule has 0 saturated heterocycles. The quantitative estimate of drug-likeness (QED) is 0.251. The van der Waals surface area contributed by atoms with Crippen molar-refractivity contribution in [3.63, 3.8) is 0 Å².